The van der Waals surface area contributed by atoms with Crippen LogP contribution in [0.15, 0.2) is 34.3 Å². The van der Waals surface area contributed by atoms with Gasteiger partial charge in [0.25, 0.3) is 0 Å². The largest absolute Gasteiger partial charge is 0.333 e. The van der Waals surface area contributed by atoms with E-state index in [1.165, 1.54) is 11.8 Å². The number of aromatic nitrogens is 3. The predicted octanol–water partition coefficient (Wildman–Crippen LogP) is 3.79. The summed E-state index contributed by atoms with van der Waals surface area (Å²) in [4.78, 5) is 7.68. The third-order valence-electron chi connectivity index (χ3n) is 4.66. The third-order valence-corrected chi connectivity index (χ3v) is 6.55. The van der Waals surface area contributed by atoms with E-state index >= 15 is 0 Å². The molecule has 2 bridgehead atoms. The lowest BCUT2D eigenvalue weighted by Crippen LogP contribution is -2.48. The van der Waals surface area contributed by atoms with E-state index in [1.807, 2.05) is 12.1 Å². The molecular weight excluding hydrogens is 365 g/mol. The van der Waals surface area contributed by atoms with Crippen molar-refractivity contribution in [1.29, 1.82) is 0 Å². The average Bonchev–Trinajstić information content (AvgIpc) is 2.84. The highest BCUT2D eigenvalue weighted by Crippen LogP contribution is 2.38. The van der Waals surface area contributed by atoms with Crippen molar-refractivity contribution in [1.82, 2.24) is 15.2 Å². The Bertz CT molecular complexity index is 728. The van der Waals surface area contributed by atoms with Crippen molar-refractivity contribution in [3.8, 4) is 0 Å². The molecule has 2 fully saturated rings. The fourth-order valence-electron chi connectivity index (χ4n) is 3.64. The number of nitrogens with zero attached hydrogens (tertiary/aromatic N) is 4. The molecule has 2 N–H and O–H groups in total. The molecular formula is C16H17Cl2N5S. The van der Waals surface area contributed by atoms with Gasteiger partial charge in [0, 0.05) is 23.0 Å². The van der Waals surface area contributed by atoms with Crippen molar-refractivity contribution in [2.45, 2.75) is 53.7 Å². The van der Waals surface area contributed by atoms with E-state index in [-0.39, 0.29) is 0 Å². The van der Waals surface area contributed by atoms with Gasteiger partial charge < -0.3 is 10.6 Å². The van der Waals surface area contributed by atoms with Crippen LogP contribution in [0.1, 0.15) is 25.7 Å². The Morgan fingerprint density at radius 3 is 2.54 bits per heavy atom. The van der Waals surface area contributed by atoms with E-state index in [1.54, 1.807) is 12.3 Å². The molecule has 2 aliphatic rings. The Labute approximate surface area is 154 Å². The Balaban J connectivity index is 1.52. The molecule has 5 nitrogen and oxygen atoms in total. The molecule has 0 aliphatic carbocycles. The van der Waals surface area contributed by atoms with Crippen LogP contribution in [-0.2, 0) is 0 Å². The number of nitrogens with two attached hydrogens (primary N) is 1. The van der Waals surface area contributed by atoms with Gasteiger partial charge in [0.15, 0.2) is 0 Å². The van der Waals surface area contributed by atoms with E-state index in [4.69, 9.17) is 28.9 Å². The quantitative estimate of drug-likeness (QED) is 0.871. The fraction of sp³-hybridized carbons (Fsp3) is 0.438. The van der Waals surface area contributed by atoms with Gasteiger partial charge in [0.05, 0.1) is 16.2 Å². The second kappa shape index (κ2) is 6.67. The summed E-state index contributed by atoms with van der Waals surface area (Å²) in [5.74, 6) is 0.705. The maximum Gasteiger partial charge on any atom is 0.245 e. The van der Waals surface area contributed by atoms with Gasteiger partial charge in [-0.05, 0) is 37.8 Å². The molecule has 126 valence electrons. The van der Waals surface area contributed by atoms with Crippen LogP contribution in [0.3, 0.4) is 0 Å². The summed E-state index contributed by atoms with van der Waals surface area (Å²) in [6.45, 7) is 0. The highest BCUT2D eigenvalue weighted by Gasteiger charge is 2.41. The normalized spacial score (nSPS) is 26.0. The average molecular weight is 382 g/mol. The summed E-state index contributed by atoms with van der Waals surface area (Å²) in [5.41, 5.74) is 6.12. The molecule has 0 spiro atoms. The lowest BCUT2D eigenvalue weighted by atomic mass is 9.99. The lowest BCUT2D eigenvalue weighted by molar-refractivity contribution is 0.407. The van der Waals surface area contributed by atoms with Crippen LogP contribution in [0.25, 0.3) is 0 Å². The van der Waals surface area contributed by atoms with Crippen molar-refractivity contribution < 1.29 is 0 Å². The Morgan fingerprint density at radius 1 is 1.12 bits per heavy atom. The second-order valence-electron chi connectivity index (χ2n) is 6.27. The number of halogens is 2. The SMILES string of the molecule is N[C@@H]1C[C@H]2CC[C@@H](C1)N2c1ncc(Sc2cccc(Cl)c2Cl)nn1. The van der Waals surface area contributed by atoms with Crippen molar-refractivity contribution in [3.63, 3.8) is 0 Å². The summed E-state index contributed by atoms with van der Waals surface area (Å²) in [6, 6.07) is 6.72. The molecule has 1 aromatic heterocycles. The number of piperidine rings is 1. The minimum atomic E-state index is 0.298. The van der Waals surface area contributed by atoms with Gasteiger partial charge in [0.1, 0.15) is 5.03 Å². The molecule has 1 aromatic carbocycles. The first-order valence-electron chi connectivity index (χ1n) is 7.97. The zero-order valence-electron chi connectivity index (χ0n) is 12.9. The maximum absolute atomic E-state index is 6.21. The number of hydrogen-bond donors (Lipinski definition) is 1. The zero-order valence-corrected chi connectivity index (χ0v) is 15.2. The van der Waals surface area contributed by atoms with Crippen LogP contribution in [0.4, 0.5) is 5.95 Å². The van der Waals surface area contributed by atoms with Gasteiger partial charge in [-0.1, -0.05) is 41.0 Å². The lowest BCUT2D eigenvalue weighted by Gasteiger charge is -2.37. The van der Waals surface area contributed by atoms with Crippen LogP contribution in [0.5, 0.6) is 0 Å². The molecule has 2 saturated heterocycles. The molecule has 0 unspecified atom stereocenters. The molecule has 0 amide bonds. The van der Waals surface area contributed by atoms with Crippen LogP contribution in [0, 0.1) is 0 Å². The maximum atomic E-state index is 6.21. The standard InChI is InChI=1S/C16H17Cl2N5S/c17-12-2-1-3-13(15(12)18)24-14-8-20-16(22-21-14)23-10-4-5-11(23)7-9(19)6-10/h1-3,8-11H,4-7,19H2/t9-,10-,11+. The van der Waals surface area contributed by atoms with E-state index < -0.39 is 0 Å². The number of rotatable bonds is 3. The Morgan fingerprint density at radius 2 is 1.88 bits per heavy atom. The molecule has 0 radical (unpaired) electrons. The van der Waals surface area contributed by atoms with Gasteiger partial charge in [-0.25, -0.2) is 4.98 Å². The smallest absolute Gasteiger partial charge is 0.245 e. The van der Waals surface area contributed by atoms with Crippen molar-refractivity contribution >= 4 is 40.9 Å². The van der Waals surface area contributed by atoms with Crippen LogP contribution >= 0.6 is 35.0 Å². The molecule has 24 heavy (non-hydrogen) atoms. The molecule has 3 atom stereocenters. The topological polar surface area (TPSA) is 67.9 Å². The first kappa shape index (κ1) is 16.4. The van der Waals surface area contributed by atoms with Gasteiger partial charge in [0.2, 0.25) is 5.95 Å². The highest BCUT2D eigenvalue weighted by atomic mass is 35.5. The summed E-state index contributed by atoms with van der Waals surface area (Å²) in [5, 5.41) is 10.4. The minimum absolute atomic E-state index is 0.298. The van der Waals surface area contributed by atoms with Gasteiger partial charge in [-0.3, -0.25) is 0 Å². The summed E-state index contributed by atoms with van der Waals surface area (Å²) >= 11 is 13.7. The van der Waals surface area contributed by atoms with E-state index in [0.29, 0.717) is 39.1 Å². The molecule has 8 heteroatoms. The van der Waals surface area contributed by atoms with Gasteiger partial charge >= 0.3 is 0 Å². The number of anilines is 1. The van der Waals surface area contributed by atoms with E-state index in [0.717, 1.165) is 30.6 Å². The summed E-state index contributed by atoms with van der Waals surface area (Å²) < 4.78 is 0. The molecule has 2 aliphatic heterocycles. The first-order valence-corrected chi connectivity index (χ1v) is 9.54. The van der Waals surface area contributed by atoms with Gasteiger partial charge in [-0.2, -0.15) is 0 Å². The molecule has 2 aromatic rings. The fourth-order valence-corrected chi connectivity index (χ4v) is 4.88. The Kier molecular flexibility index (Phi) is 4.56. The van der Waals surface area contributed by atoms with Gasteiger partial charge in [-0.15, -0.1) is 10.2 Å². The minimum Gasteiger partial charge on any atom is -0.333 e. The molecule has 3 heterocycles. The van der Waals surface area contributed by atoms with E-state index in [2.05, 4.69) is 20.1 Å². The molecule has 4 rings (SSSR count). The zero-order chi connectivity index (χ0) is 16.7. The number of hydrogen-bond acceptors (Lipinski definition) is 6. The predicted molar refractivity (Wildman–Crippen MR) is 96.9 cm³/mol. The monoisotopic (exact) mass is 381 g/mol. The van der Waals surface area contributed by atoms with Crippen molar-refractivity contribution in [3.05, 3.63) is 34.4 Å². The van der Waals surface area contributed by atoms with Crippen LogP contribution in [-0.4, -0.2) is 33.3 Å². The summed E-state index contributed by atoms with van der Waals surface area (Å²) in [6.07, 6.45) is 6.09. The number of benzene rings is 1. The van der Waals surface area contributed by atoms with Crippen molar-refractivity contribution in [2.24, 2.45) is 5.73 Å². The first-order chi connectivity index (χ1) is 11.6. The van der Waals surface area contributed by atoms with Crippen LogP contribution < -0.4 is 10.6 Å². The summed E-state index contributed by atoms with van der Waals surface area (Å²) in [7, 11) is 0. The van der Waals surface area contributed by atoms with E-state index in [9.17, 15) is 0 Å². The van der Waals surface area contributed by atoms with Crippen molar-refractivity contribution in [2.75, 3.05) is 4.90 Å². The second-order valence-corrected chi connectivity index (χ2v) is 8.12. The Hall–Kier alpha value is -1.08. The van der Waals surface area contributed by atoms with Crippen LogP contribution in [0.2, 0.25) is 10.0 Å². The third kappa shape index (κ3) is 3.08. The molecule has 0 saturated carbocycles. The number of fused-ring (bicyclic) bond motifs is 2. The highest BCUT2D eigenvalue weighted by molar-refractivity contribution is 7.99.